The van der Waals surface area contributed by atoms with Gasteiger partial charge in [-0.1, -0.05) is 29.8 Å². The van der Waals surface area contributed by atoms with Crippen LogP contribution >= 0.6 is 0 Å². The van der Waals surface area contributed by atoms with Crippen molar-refractivity contribution >= 4 is 21.6 Å². The van der Waals surface area contributed by atoms with Gasteiger partial charge in [0.25, 0.3) is 0 Å². The van der Waals surface area contributed by atoms with E-state index in [0.717, 1.165) is 29.3 Å². The number of hydrogen-bond acceptors (Lipinski definition) is 3. The third-order valence-electron chi connectivity index (χ3n) is 4.21. The molecule has 0 heterocycles. The van der Waals surface area contributed by atoms with Crippen LogP contribution in [-0.4, -0.2) is 14.3 Å². The molecule has 1 saturated carbocycles. The van der Waals surface area contributed by atoms with Crippen LogP contribution in [0.2, 0.25) is 0 Å². The Hall–Kier alpha value is -2.25. The van der Waals surface area contributed by atoms with Crippen molar-refractivity contribution in [3.8, 4) is 0 Å². The van der Waals surface area contributed by atoms with Crippen LogP contribution in [0.25, 0.3) is 0 Å². The van der Waals surface area contributed by atoms with Gasteiger partial charge in [0.15, 0.2) is 0 Å². The van der Waals surface area contributed by atoms with Gasteiger partial charge in [-0.2, -0.15) is 0 Å². The second kappa shape index (κ2) is 5.68. The fraction of sp³-hybridized carbons (Fsp3) is 0.235. The van der Waals surface area contributed by atoms with Gasteiger partial charge in [-0.15, -0.1) is 0 Å². The maximum absolute atomic E-state index is 13.6. The Balaban J connectivity index is 1.89. The average Bonchev–Trinajstić information content (AvgIpc) is 3.27. The topological polar surface area (TPSA) is 89.3 Å². The largest absolute Gasteiger partial charge is 0.325 e. The van der Waals surface area contributed by atoms with E-state index in [9.17, 15) is 17.6 Å². The quantitative estimate of drug-likeness (QED) is 0.889. The van der Waals surface area contributed by atoms with Crippen molar-refractivity contribution in [3.63, 3.8) is 0 Å². The first-order valence-corrected chi connectivity index (χ1v) is 8.97. The molecule has 1 fully saturated rings. The van der Waals surface area contributed by atoms with Crippen molar-refractivity contribution in [3.05, 3.63) is 59.4 Å². The summed E-state index contributed by atoms with van der Waals surface area (Å²) in [6.45, 7) is 1.95. The van der Waals surface area contributed by atoms with Crippen LogP contribution in [-0.2, 0) is 20.2 Å². The van der Waals surface area contributed by atoms with Gasteiger partial charge in [-0.25, -0.2) is 17.9 Å². The second-order valence-electron chi connectivity index (χ2n) is 6.13. The molecule has 0 aromatic heterocycles. The van der Waals surface area contributed by atoms with E-state index < -0.39 is 21.3 Å². The summed E-state index contributed by atoms with van der Waals surface area (Å²) >= 11 is 0. The Morgan fingerprint density at radius 1 is 1.21 bits per heavy atom. The molecule has 1 aliphatic rings. The summed E-state index contributed by atoms with van der Waals surface area (Å²) in [5.41, 5.74) is 1.39. The average molecular weight is 348 g/mol. The van der Waals surface area contributed by atoms with Gasteiger partial charge in [0.2, 0.25) is 15.9 Å². The number of aryl methyl sites for hydroxylation is 1. The number of benzene rings is 2. The Kier molecular flexibility index (Phi) is 3.93. The lowest BCUT2D eigenvalue weighted by molar-refractivity contribution is -0.118. The van der Waals surface area contributed by atoms with Crippen LogP contribution in [0, 0.1) is 12.7 Å². The number of hydrogen-bond donors (Lipinski definition) is 2. The van der Waals surface area contributed by atoms with Crippen LogP contribution in [0.3, 0.4) is 0 Å². The molecule has 0 unspecified atom stereocenters. The summed E-state index contributed by atoms with van der Waals surface area (Å²) < 4.78 is 36.4. The van der Waals surface area contributed by atoms with E-state index in [2.05, 4.69) is 5.32 Å². The first-order chi connectivity index (χ1) is 11.2. The van der Waals surface area contributed by atoms with Crippen molar-refractivity contribution in [2.45, 2.75) is 30.1 Å². The van der Waals surface area contributed by atoms with E-state index in [1.165, 1.54) is 0 Å². The third kappa shape index (κ3) is 3.18. The van der Waals surface area contributed by atoms with Gasteiger partial charge in [0, 0.05) is 5.69 Å². The smallest absolute Gasteiger partial charge is 0.238 e. The number of nitrogens with two attached hydrogens (primary N) is 1. The number of halogens is 1. The summed E-state index contributed by atoms with van der Waals surface area (Å²) in [5, 5.41) is 7.64. The molecule has 0 saturated heterocycles. The SMILES string of the molecule is Cc1cccc(C2(C(=O)Nc3cc(F)cc(S(N)(=O)=O)c3)CC2)c1. The van der Waals surface area contributed by atoms with Gasteiger partial charge >= 0.3 is 0 Å². The van der Waals surface area contributed by atoms with Crippen molar-refractivity contribution in [2.75, 3.05) is 5.32 Å². The number of amides is 1. The molecule has 0 aliphatic heterocycles. The molecule has 2 aromatic rings. The predicted octanol–water partition coefficient (Wildman–Crippen LogP) is 2.45. The monoisotopic (exact) mass is 348 g/mol. The molecule has 1 amide bonds. The number of sulfonamides is 1. The molecular formula is C17H17FN2O3S. The predicted molar refractivity (Wildman–Crippen MR) is 88.5 cm³/mol. The number of rotatable bonds is 4. The molecule has 3 rings (SSSR count). The summed E-state index contributed by atoms with van der Waals surface area (Å²) in [4.78, 5) is 12.3. The highest BCUT2D eigenvalue weighted by atomic mass is 32.2. The first kappa shape index (κ1) is 16.6. The lowest BCUT2D eigenvalue weighted by Gasteiger charge is -2.17. The summed E-state index contributed by atoms with van der Waals surface area (Å²) in [6, 6.07) is 10.7. The summed E-state index contributed by atoms with van der Waals surface area (Å²) in [5.74, 6) is -1.06. The zero-order chi connectivity index (χ0) is 17.5. The molecule has 24 heavy (non-hydrogen) atoms. The minimum atomic E-state index is -4.05. The first-order valence-electron chi connectivity index (χ1n) is 7.43. The molecule has 0 radical (unpaired) electrons. The lowest BCUT2D eigenvalue weighted by Crippen LogP contribution is -2.28. The van der Waals surface area contributed by atoms with Gasteiger partial charge in [-0.05, 0) is 43.5 Å². The van der Waals surface area contributed by atoms with Crippen molar-refractivity contribution < 1.29 is 17.6 Å². The van der Waals surface area contributed by atoms with Crippen molar-refractivity contribution in [1.82, 2.24) is 0 Å². The zero-order valence-corrected chi connectivity index (χ0v) is 13.9. The molecule has 3 N–H and O–H groups in total. The van der Waals surface area contributed by atoms with Gasteiger partial charge in [0.1, 0.15) is 5.82 Å². The van der Waals surface area contributed by atoms with Gasteiger partial charge in [0.05, 0.1) is 10.3 Å². The van der Waals surface area contributed by atoms with E-state index in [-0.39, 0.29) is 16.5 Å². The Morgan fingerprint density at radius 3 is 2.50 bits per heavy atom. The number of carbonyl (C=O) groups excluding carboxylic acids is 1. The fourth-order valence-corrected chi connectivity index (χ4v) is 3.33. The number of carbonyl (C=O) groups is 1. The summed E-state index contributed by atoms with van der Waals surface area (Å²) in [6.07, 6.45) is 1.39. The number of primary sulfonamides is 1. The molecule has 0 atom stereocenters. The molecule has 0 spiro atoms. The van der Waals surface area contributed by atoms with Crippen LogP contribution in [0.1, 0.15) is 24.0 Å². The Morgan fingerprint density at radius 2 is 1.92 bits per heavy atom. The van der Waals surface area contributed by atoms with E-state index in [4.69, 9.17) is 5.14 Å². The lowest BCUT2D eigenvalue weighted by atomic mass is 9.93. The maximum Gasteiger partial charge on any atom is 0.238 e. The molecule has 1 aliphatic carbocycles. The molecule has 126 valence electrons. The van der Waals surface area contributed by atoms with Crippen LogP contribution in [0.15, 0.2) is 47.4 Å². The highest BCUT2D eigenvalue weighted by Crippen LogP contribution is 2.49. The Labute approximate surface area is 139 Å². The minimum Gasteiger partial charge on any atom is -0.325 e. The molecule has 0 bridgehead atoms. The molecule has 2 aromatic carbocycles. The zero-order valence-electron chi connectivity index (χ0n) is 13.0. The van der Waals surface area contributed by atoms with E-state index >= 15 is 0 Å². The minimum absolute atomic E-state index is 0.0722. The molecular weight excluding hydrogens is 331 g/mol. The summed E-state index contributed by atoms with van der Waals surface area (Å²) in [7, 11) is -4.05. The highest BCUT2D eigenvalue weighted by Gasteiger charge is 2.51. The van der Waals surface area contributed by atoms with E-state index in [1.807, 2.05) is 31.2 Å². The van der Waals surface area contributed by atoms with Gasteiger partial charge in [-0.3, -0.25) is 4.79 Å². The van der Waals surface area contributed by atoms with Crippen LogP contribution < -0.4 is 10.5 Å². The van der Waals surface area contributed by atoms with E-state index in [1.54, 1.807) is 0 Å². The van der Waals surface area contributed by atoms with Gasteiger partial charge < -0.3 is 5.32 Å². The maximum atomic E-state index is 13.6. The van der Waals surface area contributed by atoms with Crippen molar-refractivity contribution in [1.29, 1.82) is 0 Å². The number of anilines is 1. The highest BCUT2D eigenvalue weighted by molar-refractivity contribution is 7.89. The standard InChI is InChI=1S/C17H17FN2O3S/c1-11-3-2-4-12(7-11)17(5-6-17)16(21)20-14-8-13(18)9-15(10-14)24(19,22)23/h2-4,7-10H,5-6H2,1H3,(H,20,21)(H2,19,22,23). The number of nitrogens with one attached hydrogen (secondary N) is 1. The second-order valence-corrected chi connectivity index (χ2v) is 7.69. The van der Waals surface area contributed by atoms with Crippen LogP contribution in [0.4, 0.5) is 10.1 Å². The van der Waals surface area contributed by atoms with Crippen LogP contribution in [0.5, 0.6) is 0 Å². The normalized spacial score (nSPS) is 15.8. The fourth-order valence-electron chi connectivity index (χ4n) is 2.76. The van der Waals surface area contributed by atoms with Crippen molar-refractivity contribution in [2.24, 2.45) is 5.14 Å². The molecule has 7 heteroatoms. The van der Waals surface area contributed by atoms with E-state index in [0.29, 0.717) is 12.8 Å². The third-order valence-corrected chi connectivity index (χ3v) is 5.11. The Bertz CT molecular complexity index is 921. The molecule has 5 nitrogen and oxygen atoms in total.